The molecule has 256 valence electrons. The summed E-state index contributed by atoms with van der Waals surface area (Å²) in [6.45, 7) is 10.2. The zero-order chi connectivity index (χ0) is 34.4. The minimum absolute atomic E-state index is 0.0134. The number of nitrogens with zero attached hydrogens (tertiary/aromatic N) is 4. The van der Waals surface area contributed by atoms with Gasteiger partial charge in [-0.3, -0.25) is 14.7 Å². The molecule has 15 nitrogen and oxygen atoms in total. The number of benzene rings is 1. The molecule has 2 heterocycles. The lowest BCUT2D eigenvalue weighted by atomic mass is 9.91. The first kappa shape index (κ1) is 35.2. The fourth-order valence-corrected chi connectivity index (χ4v) is 5.63. The highest BCUT2D eigenvalue weighted by atomic mass is 16.6. The van der Waals surface area contributed by atoms with Gasteiger partial charge in [0.05, 0.1) is 5.69 Å². The molecule has 1 aliphatic carbocycles. The molecule has 4 rings (SSSR count). The van der Waals surface area contributed by atoms with Crippen molar-refractivity contribution >= 4 is 29.9 Å². The number of aromatic nitrogens is 2. The van der Waals surface area contributed by atoms with E-state index >= 15 is 0 Å². The van der Waals surface area contributed by atoms with Crippen molar-refractivity contribution in [3.05, 3.63) is 52.6 Å². The van der Waals surface area contributed by atoms with Crippen molar-refractivity contribution in [2.24, 2.45) is 0 Å². The van der Waals surface area contributed by atoms with Gasteiger partial charge in [-0.1, -0.05) is 12.1 Å². The van der Waals surface area contributed by atoms with E-state index in [0.717, 1.165) is 31.2 Å². The summed E-state index contributed by atoms with van der Waals surface area (Å²) in [4.78, 5) is 69.0. The van der Waals surface area contributed by atoms with Crippen LogP contribution in [0.4, 0.5) is 20.2 Å². The van der Waals surface area contributed by atoms with Crippen molar-refractivity contribution in [1.29, 1.82) is 0 Å². The summed E-state index contributed by atoms with van der Waals surface area (Å²) in [6, 6.07) is 8.98. The summed E-state index contributed by atoms with van der Waals surface area (Å²) >= 11 is 0. The molecule has 0 atom stereocenters. The number of anilines is 1. The van der Waals surface area contributed by atoms with Gasteiger partial charge in [0.15, 0.2) is 0 Å². The van der Waals surface area contributed by atoms with Gasteiger partial charge in [-0.25, -0.2) is 19.2 Å². The number of carboxylic acid groups (broad SMARTS) is 1. The molecule has 5 N–H and O–H groups in total. The Labute approximate surface area is 274 Å². The molecule has 1 aromatic heterocycles. The summed E-state index contributed by atoms with van der Waals surface area (Å²) in [7, 11) is 0. The second-order valence-corrected chi connectivity index (χ2v) is 13.5. The molecule has 47 heavy (non-hydrogen) atoms. The van der Waals surface area contributed by atoms with Gasteiger partial charge in [0, 0.05) is 51.0 Å². The number of nitrogens with one attached hydrogen (secondary N) is 4. The molecule has 5 amide bonds. The minimum atomic E-state index is -1.19. The van der Waals surface area contributed by atoms with E-state index in [1.165, 1.54) is 9.47 Å². The third-order valence-electron chi connectivity index (χ3n) is 8.11. The largest absolute Gasteiger partial charge is 0.465 e. The first-order valence-corrected chi connectivity index (χ1v) is 15.9. The quantitative estimate of drug-likeness (QED) is 0.285. The number of rotatable bonds is 8. The second kappa shape index (κ2) is 14.8. The van der Waals surface area contributed by atoms with E-state index in [4.69, 9.17) is 9.84 Å². The van der Waals surface area contributed by atoms with Crippen molar-refractivity contribution < 1.29 is 29.0 Å². The van der Waals surface area contributed by atoms with E-state index in [1.54, 1.807) is 51.8 Å². The molecule has 1 saturated heterocycles. The van der Waals surface area contributed by atoms with Crippen LogP contribution in [0.2, 0.25) is 0 Å². The normalized spacial score (nSPS) is 18.7. The van der Waals surface area contributed by atoms with Crippen molar-refractivity contribution in [1.82, 2.24) is 35.3 Å². The van der Waals surface area contributed by atoms with Crippen molar-refractivity contribution in [3.63, 3.8) is 0 Å². The summed E-state index contributed by atoms with van der Waals surface area (Å²) < 4.78 is 6.66. The van der Waals surface area contributed by atoms with Crippen LogP contribution in [-0.4, -0.2) is 98.0 Å². The molecule has 1 aliphatic heterocycles. The molecule has 0 radical (unpaired) electrons. The predicted octanol–water partition coefficient (Wildman–Crippen LogP) is 2.88. The van der Waals surface area contributed by atoms with Gasteiger partial charge < -0.3 is 35.6 Å². The molecule has 0 bridgehead atoms. The maximum absolute atomic E-state index is 13.1. The molecule has 2 fully saturated rings. The van der Waals surface area contributed by atoms with Crippen LogP contribution in [0.15, 0.2) is 41.3 Å². The Morgan fingerprint density at radius 3 is 2.06 bits per heavy atom. The summed E-state index contributed by atoms with van der Waals surface area (Å²) in [6.07, 6.45) is 3.31. The van der Waals surface area contributed by atoms with Crippen LogP contribution in [0.1, 0.15) is 65.9 Å². The maximum atomic E-state index is 13.1. The highest BCUT2D eigenvalue weighted by molar-refractivity contribution is 5.90. The van der Waals surface area contributed by atoms with E-state index < -0.39 is 35.0 Å². The molecule has 15 heteroatoms. The highest BCUT2D eigenvalue weighted by Gasteiger charge is 2.37. The number of alkyl carbamates (subject to hydrolysis) is 1. The Kier molecular flexibility index (Phi) is 11.1. The number of amides is 5. The van der Waals surface area contributed by atoms with Crippen LogP contribution in [0.5, 0.6) is 0 Å². The number of hydrogen-bond acceptors (Lipinski definition) is 8. The summed E-state index contributed by atoms with van der Waals surface area (Å²) in [5.41, 5.74) is -0.751. The Morgan fingerprint density at radius 2 is 1.49 bits per heavy atom. The fourth-order valence-electron chi connectivity index (χ4n) is 5.63. The number of carbonyl (C=O) groups excluding carboxylic acids is 3. The number of piperazine rings is 1. The van der Waals surface area contributed by atoms with E-state index in [9.17, 15) is 24.0 Å². The molecular weight excluding hydrogens is 608 g/mol. The number of urea groups is 1. The maximum Gasteiger partial charge on any atom is 0.408 e. The second-order valence-electron chi connectivity index (χ2n) is 13.5. The van der Waals surface area contributed by atoms with Gasteiger partial charge in [0.1, 0.15) is 17.0 Å². The van der Waals surface area contributed by atoms with E-state index in [0.29, 0.717) is 18.3 Å². The minimum Gasteiger partial charge on any atom is -0.465 e. The Balaban J connectivity index is 1.24. The molecule has 1 saturated carbocycles. The topological polar surface area (TPSA) is 187 Å². The third-order valence-corrected chi connectivity index (χ3v) is 8.11. The highest BCUT2D eigenvalue weighted by Crippen LogP contribution is 2.20. The molecule has 2 aromatic rings. The average Bonchev–Trinajstić information content (AvgIpc) is 2.99. The van der Waals surface area contributed by atoms with E-state index in [1.807, 2.05) is 24.3 Å². The van der Waals surface area contributed by atoms with Gasteiger partial charge in [-0.15, -0.1) is 0 Å². The number of ether oxygens (including phenoxy) is 1. The van der Waals surface area contributed by atoms with E-state index in [-0.39, 0.29) is 43.9 Å². The SMILES string of the molecule is CC(C)(C)OC(=O)NC(C)(C)C(=O)N1CCN(C(=O)Nc2ccn(-c3ccc(CN[C@H]4CC[C@H](NC(=O)O)CC4)cc3)c(=O)n2)CC1. The zero-order valence-corrected chi connectivity index (χ0v) is 27.7. The van der Waals surface area contributed by atoms with Crippen molar-refractivity contribution in [3.8, 4) is 5.69 Å². The first-order valence-electron chi connectivity index (χ1n) is 15.9. The number of carbonyl (C=O) groups is 4. The van der Waals surface area contributed by atoms with Crippen LogP contribution in [0.3, 0.4) is 0 Å². The van der Waals surface area contributed by atoms with Crippen LogP contribution in [-0.2, 0) is 16.1 Å². The van der Waals surface area contributed by atoms with Gasteiger partial charge in [0.2, 0.25) is 5.91 Å². The Hall–Kier alpha value is -4.66. The lowest BCUT2D eigenvalue weighted by molar-refractivity contribution is -0.138. The van der Waals surface area contributed by atoms with Gasteiger partial charge >= 0.3 is 23.9 Å². The van der Waals surface area contributed by atoms with Gasteiger partial charge in [-0.05, 0) is 84.1 Å². The fraction of sp³-hybridized carbons (Fsp3) is 0.562. The smallest absolute Gasteiger partial charge is 0.408 e. The van der Waals surface area contributed by atoms with Crippen LogP contribution in [0, 0.1) is 0 Å². The predicted molar refractivity (Wildman–Crippen MR) is 174 cm³/mol. The third kappa shape index (κ3) is 10.2. The first-order chi connectivity index (χ1) is 22.1. The van der Waals surface area contributed by atoms with Crippen molar-refractivity contribution in [2.75, 3.05) is 31.5 Å². The molecule has 1 aromatic carbocycles. The van der Waals surface area contributed by atoms with Gasteiger partial charge in [-0.2, -0.15) is 4.98 Å². The molecule has 2 aliphatic rings. The monoisotopic (exact) mass is 654 g/mol. The standard InChI is InChI=1S/C32H46N8O7/c1-31(2,3)47-30(46)37-32(4,5)26(41)38-16-18-39(19-17-38)27(42)35-25-14-15-40(28(43)36-25)24-12-6-21(7-13-24)20-33-22-8-10-23(11-9-22)34-29(44)45/h6-7,12-15,22-23,33-34H,8-11,16-20H2,1-5H3,(H,37,46)(H,44,45)(H,35,36,42,43)/t22-,23-. The van der Waals surface area contributed by atoms with Gasteiger partial charge in [0.25, 0.3) is 0 Å². The van der Waals surface area contributed by atoms with Crippen LogP contribution < -0.4 is 27.0 Å². The Bertz CT molecular complexity index is 1490. The summed E-state index contributed by atoms with van der Waals surface area (Å²) in [5.74, 6) is -0.167. The zero-order valence-electron chi connectivity index (χ0n) is 27.7. The molecule has 0 unspecified atom stereocenters. The lowest BCUT2D eigenvalue weighted by Gasteiger charge is -2.38. The lowest BCUT2D eigenvalue weighted by Crippen LogP contribution is -2.60. The number of hydrogen-bond donors (Lipinski definition) is 5. The average molecular weight is 655 g/mol. The van der Waals surface area contributed by atoms with E-state index in [2.05, 4.69) is 26.3 Å². The Morgan fingerprint density at radius 1 is 0.894 bits per heavy atom. The van der Waals surface area contributed by atoms with Crippen LogP contribution in [0.25, 0.3) is 5.69 Å². The molecular formula is C32H46N8O7. The molecule has 0 spiro atoms. The van der Waals surface area contributed by atoms with Crippen LogP contribution >= 0.6 is 0 Å². The van der Waals surface area contributed by atoms with Crippen molar-refractivity contribution in [2.45, 2.75) is 90.1 Å². The summed E-state index contributed by atoms with van der Waals surface area (Å²) in [5, 5.41) is 20.3.